The van der Waals surface area contributed by atoms with Crippen LogP contribution in [0.15, 0.2) is 24.3 Å². The Labute approximate surface area is 107 Å². The van der Waals surface area contributed by atoms with Crippen LogP contribution in [-0.2, 0) is 6.42 Å². The van der Waals surface area contributed by atoms with Gasteiger partial charge in [-0.25, -0.2) is 0 Å². The van der Waals surface area contributed by atoms with Gasteiger partial charge in [-0.2, -0.15) is 0 Å². The third-order valence-corrected chi connectivity index (χ3v) is 3.78. The van der Waals surface area contributed by atoms with Crippen LogP contribution >= 0.6 is 0 Å². The minimum absolute atomic E-state index is 0.348. The topological polar surface area (TPSA) is 0 Å². The molecule has 1 aromatic carbocycles. The van der Waals surface area contributed by atoms with Crippen molar-refractivity contribution >= 4 is 0 Å². The number of benzene rings is 1. The van der Waals surface area contributed by atoms with Crippen molar-refractivity contribution in [3.63, 3.8) is 0 Å². The van der Waals surface area contributed by atoms with Crippen molar-refractivity contribution in [2.75, 3.05) is 0 Å². The van der Waals surface area contributed by atoms with E-state index in [0.717, 1.165) is 0 Å². The zero-order valence-corrected chi connectivity index (χ0v) is 12.6. The summed E-state index contributed by atoms with van der Waals surface area (Å²) in [5.41, 5.74) is 3.62. The fraction of sp³-hybridized carbons (Fsp3) is 0.647. The van der Waals surface area contributed by atoms with Crippen molar-refractivity contribution < 1.29 is 0 Å². The summed E-state index contributed by atoms with van der Waals surface area (Å²) in [6, 6.07) is 8.78. The van der Waals surface area contributed by atoms with Crippen molar-refractivity contribution in [1.82, 2.24) is 0 Å². The molecule has 0 aliphatic carbocycles. The summed E-state index contributed by atoms with van der Waals surface area (Å²) in [5, 5.41) is 0. The Bertz CT molecular complexity index is 346. The van der Waals surface area contributed by atoms with Gasteiger partial charge in [0.2, 0.25) is 0 Å². The van der Waals surface area contributed by atoms with Crippen LogP contribution in [0, 0.1) is 23.7 Å². The summed E-state index contributed by atoms with van der Waals surface area (Å²) in [7, 11) is 0. The molecule has 96 valence electrons. The minimum atomic E-state index is 0.348. The first-order chi connectivity index (χ1) is 7.62. The smallest absolute Gasteiger partial charge is 0.0238 e. The molecular weight excluding hydrogens is 204 g/mol. The Balaban J connectivity index is 3.00. The molecule has 0 atom stereocenters. The molecule has 0 fully saturated rings. The second-order valence-electron chi connectivity index (χ2n) is 7.42. The van der Waals surface area contributed by atoms with Crippen molar-refractivity contribution in [2.45, 2.75) is 54.9 Å². The van der Waals surface area contributed by atoms with Crippen LogP contribution in [0.3, 0.4) is 0 Å². The first-order valence-electron chi connectivity index (χ1n) is 6.67. The van der Waals surface area contributed by atoms with Gasteiger partial charge in [-0.15, -0.1) is 0 Å². The van der Waals surface area contributed by atoms with Crippen LogP contribution < -0.4 is 0 Å². The maximum atomic E-state index is 2.36. The second-order valence-corrected chi connectivity index (χ2v) is 7.42. The molecule has 0 unspecified atom stereocenters. The summed E-state index contributed by atoms with van der Waals surface area (Å²) in [6.45, 7) is 16.4. The van der Waals surface area contributed by atoms with E-state index >= 15 is 0 Å². The van der Waals surface area contributed by atoms with E-state index in [0.29, 0.717) is 16.7 Å². The van der Waals surface area contributed by atoms with Crippen molar-refractivity contribution in [3.8, 4) is 0 Å². The third kappa shape index (κ3) is 3.87. The van der Waals surface area contributed by atoms with Gasteiger partial charge in [-0.05, 0) is 41.2 Å². The Morgan fingerprint density at radius 3 is 1.76 bits per heavy atom. The molecule has 0 heteroatoms. The standard InChI is InChI=1S/C17H28/c1-13-10-8-9-11-14(13)12-15(16(2,3)4)17(5,6)7/h8-11,15H,12H2,1-7H3. The maximum absolute atomic E-state index is 2.36. The Kier molecular flexibility index (Phi) is 4.06. The Hall–Kier alpha value is -0.780. The lowest BCUT2D eigenvalue weighted by molar-refractivity contribution is 0.102. The molecule has 17 heavy (non-hydrogen) atoms. The molecule has 0 spiro atoms. The molecule has 0 bridgehead atoms. The lowest BCUT2D eigenvalue weighted by Gasteiger charge is -2.41. The molecule has 0 aliphatic rings. The predicted molar refractivity (Wildman–Crippen MR) is 77.3 cm³/mol. The van der Waals surface area contributed by atoms with E-state index in [-0.39, 0.29) is 0 Å². The van der Waals surface area contributed by atoms with Crippen LogP contribution in [0.4, 0.5) is 0 Å². The molecule has 1 rings (SSSR count). The van der Waals surface area contributed by atoms with Gasteiger partial charge in [0, 0.05) is 0 Å². The molecule has 0 aliphatic heterocycles. The monoisotopic (exact) mass is 232 g/mol. The highest BCUT2D eigenvalue weighted by molar-refractivity contribution is 5.26. The maximum Gasteiger partial charge on any atom is -0.0238 e. The largest absolute Gasteiger partial charge is 0.0620 e. The van der Waals surface area contributed by atoms with E-state index in [1.165, 1.54) is 17.5 Å². The van der Waals surface area contributed by atoms with E-state index in [1.54, 1.807) is 0 Å². The van der Waals surface area contributed by atoms with Crippen LogP contribution in [0.25, 0.3) is 0 Å². The SMILES string of the molecule is Cc1ccccc1CC(C(C)(C)C)C(C)(C)C. The van der Waals surface area contributed by atoms with E-state index in [2.05, 4.69) is 72.7 Å². The van der Waals surface area contributed by atoms with E-state index < -0.39 is 0 Å². The quantitative estimate of drug-likeness (QED) is 0.653. The zero-order chi connectivity index (χ0) is 13.3. The summed E-state index contributed by atoms with van der Waals surface area (Å²) in [6.07, 6.45) is 1.18. The third-order valence-electron chi connectivity index (χ3n) is 3.78. The number of aryl methyl sites for hydroxylation is 1. The molecule has 0 aromatic heterocycles. The first kappa shape index (κ1) is 14.3. The highest BCUT2D eigenvalue weighted by Crippen LogP contribution is 2.42. The fourth-order valence-electron chi connectivity index (χ4n) is 2.97. The highest BCUT2D eigenvalue weighted by atomic mass is 14.4. The second kappa shape index (κ2) is 4.84. The summed E-state index contributed by atoms with van der Waals surface area (Å²) < 4.78 is 0. The molecule has 0 N–H and O–H groups in total. The van der Waals surface area contributed by atoms with Gasteiger partial charge in [-0.3, -0.25) is 0 Å². The Morgan fingerprint density at radius 1 is 0.882 bits per heavy atom. The van der Waals surface area contributed by atoms with Crippen LogP contribution in [-0.4, -0.2) is 0 Å². The zero-order valence-electron chi connectivity index (χ0n) is 12.6. The summed E-state index contributed by atoms with van der Waals surface area (Å²) >= 11 is 0. The van der Waals surface area contributed by atoms with Gasteiger partial charge in [0.1, 0.15) is 0 Å². The van der Waals surface area contributed by atoms with Gasteiger partial charge >= 0.3 is 0 Å². The van der Waals surface area contributed by atoms with E-state index in [1.807, 2.05) is 0 Å². The van der Waals surface area contributed by atoms with Crippen LogP contribution in [0.1, 0.15) is 52.7 Å². The number of hydrogen-bond donors (Lipinski definition) is 0. The van der Waals surface area contributed by atoms with Crippen molar-refractivity contribution in [3.05, 3.63) is 35.4 Å². The molecule has 0 amide bonds. The number of hydrogen-bond acceptors (Lipinski definition) is 0. The molecule has 0 nitrogen and oxygen atoms in total. The van der Waals surface area contributed by atoms with Gasteiger partial charge in [0.05, 0.1) is 0 Å². The normalized spacial score (nSPS) is 13.2. The average Bonchev–Trinajstić information content (AvgIpc) is 2.12. The van der Waals surface area contributed by atoms with E-state index in [4.69, 9.17) is 0 Å². The van der Waals surface area contributed by atoms with Gasteiger partial charge in [0.15, 0.2) is 0 Å². The lowest BCUT2D eigenvalue weighted by Crippen LogP contribution is -2.34. The average molecular weight is 232 g/mol. The van der Waals surface area contributed by atoms with Gasteiger partial charge in [0.25, 0.3) is 0 Å². The lowest BCUT2D eigenvalue weighted by atomic mass is 9.64. The van der Waals surface area contributed by atoms with E-state index in [9.17, 15) is 0 Å². The Morgan fingerprint density at radius 2 is 1.35 bits per heavy atom. The molecule has 0 saturated carbocycles. The van der Waals surface area contributed by atoms with Gasteiger partial charge in [-0.1, -0.05) is 65.8 Å². The minimum Gasteiger partial charge on any atom is -0.0620 e. The van der Waals surface area contributed by atoms with Crippen LogP contribution in [0.2, 0.25) is 0 Å². The fourth-order valence-corrected chi connectivity index (χ4v) is 2.97. The molecule has 1 aromatic rings. The molecule has 0 saturated heterocycles. The summed E-state index contributed by atoms with van der Waals surface area (Å²) in [5.74, 6) is 0.691. The van der Waals surface area contributed by atoms with Gasteiger partial charge < -0.3 is 0 Å². The van der Waals surface area contributed by atoms with Crippen LogP contribution in [0.5, 0.6) is 0 Å². The summed E-state index contributed by atoms with van der Waals surface area (Å²) in [4.78, 5) is 0. The highest BCUT2D eigenvalue weighted by Gasteiger charge is 2.34. The molecule has 0 radical (unpaired) electrons. The van der Waals surface area contributed by atoms with Crippen molar-refractivity contribution in [1.29, 1.82) is 0 Å². The number of rotatable bonds is 2. The first-order valence-corrected chi connectivity index (χ1v) is 6.67. The molecular formula is C17H28. The van der Waals surface area contributed by atoms with Crippen molar-refractivity contribution in [2.24, 2.45) is 16.7 Å². The molecule has 0 heterocycles. The predicted octanol–water partition coefficient (Wildman–Crippen LogP) is 5.25.